The zero-order chi connectivity index (χ0) is 14.8. The Morgan fingerprint density at radius 3 is 2.85 bits per heavy atom. The summed E-state index contributed by atoms with van der Waals surface area (Å²) in [6.07, 6.45) is 1.97. The molecule has 1 aromatic rings. The number of ether oxygens (including phenoxy) is 1. The molecular weight excluding hydrogens is 302 g/mol. The van der Waals surface area contributed by atoms with Crippen LogP contribution in [0.15, 0.2) is 23.1 Å². The van der Waals surface area contributed by atoms with Crippen molar-refractivity contribution < 1.29 is 17.9 Å². The summed E-state index contributed by atoms with van der Waals surface area (Å²) in [5, 5.41) is 2.76. The minimum atomic E-state index is -3.84. The molecule has 1 amide bonds. The zero-order valence-electron chi connectivity index (χ0n) is 11.1. The van der Waals surface area contributed by atoms with Crippen molar-refractivity contribution in [3.05, 3.63) is 29.3 Å². The number of rotatable bonds is 4. The van der Waals surface area contributed by atoms with Gasteiger partial charge in [-0.25, -0.2) is 8.42 Å². The zero-order valence-corrected chi connectivity index (χ0v) is 12.6. The molecule has 0 aromatic heterocycles. The van der Waals surface area contributed by atoms with E-state index in [-0.39, 0.29) is 16.9 Å². The van der Waals surface area contributed by atoms with Gasteiger partial charge in [0.15, 0.2) is 0 Å². The summed E-state index contributed by atoms with van der Waals surface area (Å²) < 4.78 is 28.0. The molecule has 1 aliphatic rings. The van der Waals surface area contributed by atoms with Gasteiger partial charge in [-0.2, -0.15) is 0 Å². The van der Waals surface area contributed by atoms with E-state index in [1.54, 1.807) is 13.0 Å². The lowest BCUT2D eigenvalue weighted by atomic mass is 10.1. The predicted molar refractivity (Wildman–Crippen MR) is 75.5 cm³/mol. The van der Waals surface area contributed by atoms with Crippen LogP contribution in [-0.4, -0.2) is 33.6 Å². The summed E-state index contributed by atoms with van der Waals surface area (Å²) in [5.74, 6) is -0.319. The van der Waals surface area contributed by atoms with Gasteiger partial charge < -0.3 is 10.1 Å². The summed E-state index contributed by atoms with van der Waals surface area (Å²) >= 11 is 0. The van der Waals surface area contributed by atoms with Crippen LogP contribution in [0, 0.1) is 6.92 Å². The van der Waals surface area contributed by atoms with E-state index in [4.69, 9.17) is 15.4 Å². The monoisotopic (exact) mass is 317 g/mol. The molecule has 1 heterocycles. The molecule has 7 heteroatoms. The average Bonchev–Trinajstić information content (AvgIpc) is 2.88. The fourth-order valence-electron chi connectivity index (χ4n) is 2.10. The Labute approximate surface area is 122 Å². The molecule has 5 nitrogen and oxygen atoms in total. The Bertz CT molecular complexity index is 609. The topological polar surface area (TPSA) is 72.5 Å². The molecule has 0 spiro atoms. The van der Waals surface area contributed by atoms with Gasteiger partial charge in [0.05, 0.1) is 11.0 Å². The summed E-state index contributed by atoms with van der Waals surface area (Å²) in [5.41, 5.74) is 1.00. The first-order chi connectivity index (χ1) is 9.38. The minimum Gasteiger partial charge on any atom is -0.376 e. The molecular formula is C13H16ClNO4S. The highest BCUT2D eigenvalue weighted by molar-refractivity contribution is 8.13. The number of aryl methyl sites for hydroxylation is 1. The van der Waals surface area contributed by atoms with Crippen LogP contribution < -0.4 is 5.32 Å². The van der Waals surface area contributed by atoms with Gasteiger partial charge in [-0.15, -0.1) is 0 Å². The van der Waals surface area contributed by atoms with Crippen LogP contribution in [-0.2, 0) is 13.8 Å². The molecule has 1 aromatic carbocycles. The van der Waals surface area contributed by atoms with E-state index >= 15 is 0 Å². The molecule has 1 aliphatic heterocycles. The van der Waals surface area contributed by atoms with Crippen LogP contribution in [0.1, 0.15) is 28.8 Å². The second-order valence-electron chi connectivity index (χ2n) is 4.76. The number of amides is 1. The lowest BCUT2D eigenvalue weighted by Crippen LogP contribution is -2.32. The van der Waals surface area contributed by atoms with Crippen LogP contribution in [0.3, 0.4) is 0 Å². The molecule has 1 unspecified atom stereocenters. The lowest BCUT2D eigenvalue weighted by molar-refractivity contribution is 0.0857. The lowest BCUT2D eigenvalue weighted by Gasteiger charge is -2.12. The third-order valence-corrected chi connectivity index (χ3v) is 4.60. The molecule has 1 N–H and O–H groups in total. The maximum atomic E-state index is 12.1. The quantitative estimate of drug-likeness (QED) is 0.860. The number of carbonyl (C=O) groups is 1. The molecule has 0 aliphatic carbocycles. The first kappa shape index (κ1) is 15.3. The fourth-order valence-corrected chi connectivity index (χ4v) is 2.88. The molecule has 0 bridgehead atoms. The van der Waals surface area contributed by atoms with Crippen molar-refractivity contribution in [3.63, 3.8) is 0 Å². The average molecular weight is 318 g/mol. The van der Waals surface area contributed by atoms with Crippen molar-refractivity contribution in [2.45, 2.75) is 30.8 Å². The van der Waals surface area contributed by atoms with Gasteiger partial charge in [-0.3, -0.25) is 4.79 Å². The van der Waals surface area contributed by atoms with Crippen LogP contribution >= 0.6 is 10.7 Å². The number of hydrogen-bond donors (Lipinski definition) is 1. The first-order valence-corrected chi connectivity index (χ1v) is 8.64. The molecule has 1 saturated heterocycles. The van der Waals surface area contributed by atoms with Gasteiger partial charge >= 0.3 is 0 Å². The fraction of sp³-hybridized carbons (Fsp3) is 0.462. The van der Waals surface area contributed by atoms with E-state index in [1.165, 1.54) is 12.1 Å². The predicted octanol–water partition coefficient (Wildman–Crippen LogP) is 1.83. The van der Waals surface area contributed by atoms with Crippen molar-refractivity contribution >= 4 is 25.6 Å². The standard InChI is InChI=1S/C13H16ClNO4S/c1-9-4-5-11(20(14,17)18)7-12(9)13(16)15-8-10-3-2-6-19-10/h4-5,7,10H,2-3,6,8H2,1H3,(H,15,16). The number of benzene rings is 1. The summed E-state index contributed by atoms with van der Waals surface area (Å²) in [6, 6.07) is 4.24. The van der Waals surface area contributed by atoms with E-state index in [9.17, 15) is 13.2 Å². The highest BCUT2D eigenvalue weighted by atomic mass is 35.7. The molecule has 0 radical (unpaired) electrons. The van der Waals surface area contributed by atoms with Gasteiger partial charge in [0.25, 0.3) is 15.0 Å². The van der Waals surface area contributed by atoms with E-state index in [1.807, 2.05) is 0 Å². The third-order valence-electron chi connectivity index (χ3n) is 3.25. The van der Waals surface area contributed by atoms with E-state index < -0.39 is 9.05 Å². The SMILES string of the molecule is Cc1ccc(S(=O)(=O)Cl)cc1C(=O)NCC1CCCO1. The van der Waals surface area contributed by atoms with Crippen molar-refractivity contribution in [2.24, 2.45) is 0 Å². The minimum absolute atomic E-state index is 0.0409. The summed E-state index contributed by atoms with van der Waals surface area (Å²) in [6.45, 7) is 2.89. The number of nitrogens with one attached hydrogen (secondary N) is 1. The van der Waals surface area contributed by atoms with Crippen molar-refractivity contribution in [1.29, 1.82) is 0 Å². The Balaban J connectivity index is 2.12. The van der Waals surface area contributed by atoms with Gasteiger partial charge in [-0.05, 0) is 37.5 Å². The Hall–Kier alpha value is -1.11. The molecule has 20 heavy (non-hydrogen) atoms. The molecule has 1 fully saturated rings. The van der Waals surface area contributed by atoms with Gasteiger partial charge in [0.1, 0.15) is 0 Å². The maximum absolute atomic E-state index is 12.1. The first-order valence-electron chi connectivity index (χ1n) is 6.33. The number of hydrogen-bond acceptors (Lipinski definition) is 4. The summed E-state index contributed by atoms with van der Waals surface area (Å²) in [4.78, 5) is 12.0. The Kier molecular flexibility index (Phi) is 4.67. The van der Waals surface area contributed by atoms with Crippen LogP contribution in [0.2, 0.25) is 0 Å². The largest absolute Gasteiger partial charge is 0.376 e. The highest BCUT2D eigenvalue weighted by Crippen LogP contribution is 2.19. The van der Waals surface area contributed by atoms with Crippen molar-refractivity contribution in [2.75, 3.05) is 13.2 Å². The van der Waals surface area contributed by atoms with Gasteiger partial charge in [0, 0.05) is 29.4 Å². The Morgan fingerprint density at radius 2 is 2.25 bits per heavy atom. The van der Waals surface area contributed by atoms with Gasteiger partial charge in [-0.1, -0.05) is 6.07 Å². The third kappa shape index (κ3) is 3.71. The number of carbonyl (C=O) groups excluding carboxylic acids is 1. The van der Waals surface area contributed by atoms with Crippen LogP contribution in [0.4, 0.5) is 0 Å². The summed E-state index contributed by atoms with van der Waals surface area (Å²) in [7, 11) is 1.45. The maximum Gasteiger partial charge on any atom is 0.261 e. The second-order valence-corrected chi connectivity index (χ2v) is 7.33. The Morgan fingerprint density at radius 1 is 1.50 bits per heavy atom. The molecule has 0 saturated carbocycles. The number of halogens is 1. The van der Waals surface area contributed by atoms with Crippen molar-refractivity contribution in [1.82, 2.24) is 5.32 Å². The highest BCUT2D eigenvalue weighted by Gasteiger charge is 2.19. The van der Waals surface area contributed by atoms with Gasteiger partial charge in [0.2, 0.25) is 0 Å². The van der Waals surface area contributed by atoms with E-state index in [2.05, 4.69) is 5.32 Å². The van der Waals surface area contributed by atoms with Crippen molar-refractivity contribution in [3.8, 4) is 0 Å². The smallest absolute Gasteiger partial charge is 0.261 e. The van der Waals surface area contributed by atoms with Crippen LogP contribution in [0.25, 0.3) is 0 Å². The molecule has 1 atom stereocenters. The molecule has 2 rings (SSSR count). The van der Waals surface area contributed by atoms with E-state index in [0.717, 1.165) is 19.4 Å². The van der Waals surface area contributed by atoms with Crippen LogP contribution in [0.5, 0.6) is 0 Å². The molecule has 110 valence electrons. The van der Waals surface area contributed by atoms with E-state index in [0.29, 0.717) is 17.7 Å². The second kappa shape index (κ2) is 6.11. The normalized spacial score (nSPS) is 19.0.